The lowest BCUT2D eigenvalue weighted by Gasteiger charge is -2.33. The molecule has 2 aromatic carbocycles. The van der Waals surface area contributed by atoms with Crippen molar-refractivity contribution in [3.05, 3.63) is 64.6 Å². The third-order valence-electron chi connectivity index (χ3n) is 6.08. The SMILES string of the molecule is C[C@H](C(=O)NC1CCCCC1)N(Cc1cccc(Br)c1)C(=O)CN(c1ccccc1)S(C)(=O)=O. The lowest BCUT2D eigenvalue weighted by molar-refractivity contribution is -0.139. The second-order valence-electron chi connectivity index (χ2n) is 8.78. The number of anilines is 1. The van der Waals surface area contributed by atoms with Crippen molar-refractivity contribution in [3.8, 4) is 0 Å². The molecule has 0 heterocycles. The third kappa shape index (κ3) is 7.30. The number of benzene rings is 2. The fraction of sp³-hybridized carbons (Fsp3) is 0.440. The Labute approximate surface area is 210 Å². The standard InChI is InChI=1S/C25H32BrN3O4S/c1-19(25(31)27-22-12-5-3-6-13-22)28(17-20-10-9-11-21(26)16-20)24(30)18-29(34(2,32)33)23-14-7-4-8-15-23/h4,7-11,14-16,19,22H,3,5-6,12-13,17-18H2,1-2H3,(H,27,31)/t19-/m1/s1. The molecule has 1 saturated carbocycles. The van der Waals surface area contributed by atoms with E-state index in [2.05, 4.69) is 21.2 Å². The minimum atomic E-state index is -3.72. The summed E-state index contributed by atoms with van der Waals surface area (Å²) in [4.78, 5) is 28.1. The molecule has 1 atom stereocenters. The second kappa shape index (κ2) is 11.8. The van der Waals surface area contributed by atoms with Crippen LogP contribution in [0.25, 0.3) is 0 Å². The molecule has 0 aromatic heterocycles. The van der Waals surface area contributed by atoms with Gasteiger partial charge in [-0.15, -0.1) is 0 Å². The van der Waals surface area contributed by atoms with Gasteiger partial charge in [0.15, 0.2) is 0 Å². The maximum atomic E-state index is 13.5. The fourth-order valence-electron chi connectivity index (χ4n) is 4.19. The van der Waals surface area contributed by atoms with E-state index in [0.717, 1.165) is 46.3 Å². The van der Waals surface area contributed by atoms with E-state index in [1.807, 2.05) is 24.3 Å². The Morgan fingerprint density at radius 2 is 1.74 bits per heavy atom. The van der Waals surface area contributed by atoms with Gasteiger partial charge in [-0.25, -0.2) is 8.42 Å². The van der Waals surface area contributed by atoms with E-state index in [4.69, 9.17) is 0 Å². The van der Waals surface area contributed by atoms with Crippen LogP contribution in [0.1, 0.15) is 44.6 Å². The molecule has 1 aliphatic carbocycles. The van der Waals surface area contributed by atoms with E-state index in [-0.39, 0.29) is 18.5 Å². The highest BCUT2D eigenvalue weighted by atomic mass is 79.9. The van der Waals surface area contributed by atoms with Crippen molar-refractivity contribution < 1.29 is 18.0 Å². The normalized spacial score (nSPS) is 15.4. The molecule has 184 valence electrons. The Morgan fingerprint density at radius 1 is 1.06 bits per heavy atom. The van der Waals surface area contributed by atoms with Gasteiger partial charge in [-0.1, -0.05) is 65.5 Å². The molecule has 3 rings (SSSR count). The maximum Gasteiger partial charge on any atom is 0.244 e. The van der Waals surface area contributed by atoms with Gasteiger partial charge in [0.2, 0.25) is 21.8 Å². The number of nitrogens with one attached hydrogen (secondary N) is 1. The van der Waals surface area contributed by atoms with Crippen LogP contribution in [-0.2, 0) is 26.2 Å². The molecule has 0 unspecified atom stereocenters. The van der Waals surface area contributed by atoms with Crippen LogP contribution in [0.4, 0.5) is 5.69 Å². The molecule has 2 aromatic rings. The Kier molecular flexibility index (Phi) is 9.13. The summed E-state index contributed by atoms with van der Waals surface area (Å²) in [5, 5.41) is 3.09. The molecule has 0 aliphatic heterocycles. The van der Waals surface area contributed by atoms with Crippen molar-refractivity contribution in [1.29, 1.82) is 0 Å². The van der Waals surface area contributed by atoms with Gasteiger partial charge in [0, 0.05) is 17.1 Å². The molecule has 34 heavy (non-hydrogen) atoms. The van der Waals surface area contributed by atoms with Crippen LogP contribution >= 0.6 is 15.9 Å². The van der Waals surface area contributed by atoms with Gasteiger partial charge in [-0.05, 0) is 49.6 Å². The van der Waals surface area contributed by atoms with Crippen LogP contribution in [0.5, 0.6) is 0 Å². The molecular formula is C25H32BrN3O4S. The lowest BCUT2D eigenvalue weighted by atomic mass is 9.95. The van der Waals surface area contributed by atoms with Gasteiger partial charge < -0.3 is 10.2 Å². The number of carbonyl (C=O) groups excluding carboxylic acids is 2. The van der Waals surface area contributed by atoms with E-state index >= 15 is 0 Å². The molecule has 0 saturated heterocycles. The summed E-state index contributed by atoms with van der Waals surface area (Å²) in [6.45, 7) is 1.49. The van der Waals surface area contributed by atoms with Crippen molar-refractivity contribution in [1.82, 2.24) is 10.2 Å². The number of nitrogens with zero attached hydrogens (tertiary/aromatic N) is 2. The van der Waals surface area contributed by atoms with Crippen molar-refractivity contribution in [3.63, 3.8) is 0 Å². The zero-order valence-electron chi connectivity index (χ0n) is 19.6. The molecule has 1 fully saturated rings. The molecule has 1 N–H and O–H groups in total. The third-order valence-corrected chi connectivity index (χ3v) is 7.72. The monoisotopic (exact) mass is 549 g/mol. The molecule has 0 radical (unpaired) electrons. The molecule has 0 bridgehead atoms. The molecule has 0 spiro atoms. The van der Waals surface area contributed by atoms with E-state index < -0.39 is 28.5 Å². The first kappa shape index (κ1) is 26.2. The largest absolute Gasteiger partial charge is 0.352 e. The van der Waals surface area contributed by atoms with Gasteiger partial charge >= 0.3 is 0 Å². The zero-order chi connectivity index (χ0) is 24.7. The number of carbonyl (C=O) groups is 2. The van der Waals surface area contributed by atoms with Crippen LogP contribution in [0, 0.1) is 0 Å². The van der Waals surface area contributed by atoms with Crippen LogP contribution < -0.4 is 9.62 Å². The number of rotatable bonds is 9. The molecule has 7 nitrogen and oxygen atoms in total. The fourth-order valence-corrected chi connectivity index (χ4v) is 5.49. The number of hydrogen-bond donors (Lipinski definition) is 1. The molecule has 9 heteroatoms. The van der Waals surface area contributed by atoms with Crippen molar-refractivity contribution in [2.24, 2.45) is 0 Å². The average Bonchev–Trinajstić information content (AvgIpc) is 2.81. The molecule has 1 aliphatic rings. The van der Waals surface area contributed by atoms with Crippen molar-refractivity contribution in [2.45, 2.75) is 57.7 Å². The number of amides is 2. The Bertz CT molecular complexity index is 1090. The van der Waals surface area contributed by atoms with Gasteiger partial charge in [0.05, 0.1) is 11.9 Å². The summed E-state index contributed by atoms with van der Waals surface area (Å²) >= 11 is 3.45. The van der Waals surface area contributed by atoms with E-state index in [1.165, 1.54) is 11.3 Å². The van der Waals surface area contributed by atoms with Crippen LogP contribution in [0.2, 0.25) is 0 Å². The zero-order valence-corrected chi connectivity index (χ0v) is 22.0. The van der Waals surface area contributed by atoms with Crippen molar-refractivity contribution >= 4 is 43.5 Å². The maximum absolute atomic E-state index is 13.5. The molecule has 2 amide bonds. The highest BCUT2D eigenvalue weighted by Gasteiger charge is 2.31. The Hall–Kier alpha value is -2.39. The highest BCUT2D eigenvalue weighted by molar-refractivity contribution is 9.10. The van der Waals surface area contributed by atoms with E-state index in [9.17, 15) is 18.0 Å². The Morgan fingerprint density at radius 3 is 2.35 bits per heavy atom. The average molecular weight is 551 g/mol. The van der Waals surface area contributed by atoms with Crippen LogP contribution in [0.15, 0.2) is 59.1 Å². The molecular weight excluding hydrogens is 518 g/mol. The van der Waals surface area contributed by atoms with Crippen LogP contribution in [0.3, 0.4) is 0 Å². The number of hydrogen-bond acceptors (Lipinski definition) is 4. The highest BCUT2D eigenvalue weighted by Crippen LogP contribution is 2.21. The first-order chi connectivity index (χ1) is 16.1. The predicted molar refractivity (Wildman–Crippen MR) is 138 cm³/mol. The van der Waals surface area contributed by atoms with Crippen molar-refractivity contribution in [2.75, 3.05) is 17.1 Å². The van der Waals surface area contributed by atoms with E-state index in [1.54, 1.807) is 37.3 Å². The summed E-state index contributed by atoms with van der Waals surface area (Å²) in [6, 6.07) is 15.4. The number of halogens is 1. The predicted octanol–water partition coefficient (Wildman–Crippen LogP) is 4.08. The van der Waals surface area contributed by atoms with Gasteiger partial charge in [-0.2, -0.15) is 0 Å². The summed E-state index contributed by atoms with van der Waals surface area (Å²) in [5.41, 5.74) is 1.24. The van der Waals surface area contributed by atoms with Crippen LogP contribution in [-0.4, -0.2) is 50.0 Å². The number of sulfonamides is 1. The first-order valence-electron chi connectivity index (χ1n) is 11.5. The summed E-state index contributed by atoms with van der Waals surface area (Å²) < 4.78 is 27.0. The minimum Gasteiger partial charge on any atom is -0.352 e. The lowest BCUT2D eigenvalue weighted by Crippen LogP contribution is -2.52. The van der Waals surface area contributed by atoms with Gasteiger partial charge in [0.25, 0.3) is 0 Å². The summed E-state index contributed by atoms with van der Waals surface area (Å²) in [5.74, 6) is -0.665. The topological polar surface area (TPSA) is 86.8 Å². The summed E-state index contributed by atoms with van der Waals surface area (Å²) in [7, 11) is -3.72. The first-order valence-corrected chi connectivity index (χ1v) is 14.2. The quantitative estimate of drug-likeness (QED) is 0.510. The summed E-state index contributed by atoms with van der Waals surface area (Å²) in [6.07, 6.45) is 6.30. The van der Waals surface area contributed by atoms with Gasteiger partial charge in [0.1, 0.15) is 12.6 Å². The van der Waals surface area contributed by atoms with Gasteiger partial charge in [-0.3, -0.25) is 13.9 Å². The number of para-hydroxylation sites is 1. The smallest absolute Gasteiger partial charge is 0.244 e. The second-order valence-corrected chi connectivity index (χ2v) is 11.6. The van der Waals surface area contributed by atoms with E-state index in [0.29, 0.717) is 5.69 Å². The minimum absolute atomic E-state index is 0.114. The Balaban J connectivity index is 1.85.